The third-order valence-corrected chi connectivity index (χ3v) is 6.61. The van der Waals surface area contributed by atoms with Crippen LogP contribution in [-0.4, -0.2) is 35.0 Å². The van der Waals surface area contributed by atoms with Crippen LogP contribution in [0.15, 0.2) is 60.9 Å². The molecule has 0 radical (unpaired) electrons. The number of pyridine rings is 1. The minimum Gasteiger partial charge on any atom is -0.449 e. The lowest BCUT2D eigenvalue weighted by atomic mass is 10.0. The fraction of sp³-hybridized carbons (Fsp3) is 0.231. The Hall–Kier alpha value is -3.96. The van der Waals surface area contributed by atoms with Gasteiger partial charge < -0.3 is 15.0 Å². The van der Waals surface area contributed by atoms with Gasteiger partial charge in [-0.3, -0.25) is 9.78 Å². The van der Waals surface area contributed by atoms with Gasteiger partial charge in [-0.1, -0.05) is 30.3 Å². The highest BCUT2D eigenvalue weighted by molar-refractivity contribution is 7.16. The molecule has 0 saturated carbocycles. The van der Waals surface area contributed by atoms with E-state index in [1.54, 1.807) is 23.4 Å². The maximum absolute atomic E-state index is 12.5. The number of anilines is 1. The summed E-state index contributed by atoms with van der Waals surface area (Å²) in [5.74, 6) is -0.301. The normalized spacial score (nSPS) is 12.7. The molecule has 7 nitrogen and oxygen atoms in total. The van der Waals surface area contributed by atoms with Gasteiger partial charge in [-0.25, -0.2) is 4.79 Å². The van der Waals surface area contributed by atoms with Gasteiger partial charge in [-0.15, -0.1) is 11.3 Å². The lowest BCUT2D eigenvalue weighted by molar-refractivity contribution is -0.111. The van der Waals surface area contributed by atoms with E-state index in [1.165, 1.54) is 17.4 Å². The molecule has 3 heterocycles. The molecule has 2 amide bonds. The third kappa shape index (κ3) is 5.88. The number of nitriles is 1. The first kappa shape index (κ1) is 23.2. The molecule has 1 N–H and O–H groups in total. The number of ether oxygens (including phenoxy) is 1. The van der Waals surface area contributed by atoms with Gasteiger partial charge in [0.05, 0.1) is 18.7 Å². The van der Waals surface area contributed by atoms with Crippen LogP contribution in [-0.2, 0) is 28.9 Å². The van der Waals surface area contributed by atoms with E-state index in [4.69, 9.17) is 4.74 Å². The summed E-state index contributed by atoms with van der Waals surface area (Å²) in [5, 5.41) is 13.0. The maximum atomic E-state index is 12.5. The minimum absolute atomic E-state index is 0.301. The molecule has 3 aromatic rings. The first-order valence-corrected chi connectivity index (χ1v) is 11.8. The number of nitrogens with zero attached hydrogens (tertiary/aromatic N) is 3. The Labute approximate surface area is 202 Å². The number of benzene rings is 1. The van der Waals surface area contributed by atoms with Gasteiger partial charge in [0, 0.05) is 29.9 Å². The molecule has 4 rings (SSSR count). The molecule has 0 fully saturated rings. The van der Waals surface area contributed by atoms with Gasteiger partial charge in [0.1, 0.15) is 11.1 Å². The quantitative estimate of drug-likeness (QED) is 0.394. The highest BCUT2D eigenvalue weighted by Gasteiger charge is 2.28. The Morgan fingerprint density at radius 2 is 2.00 bits per heavy atom. The number of amides is 2. The van der Waals surface area contributed by atoms with Gasteiger partial charge in [0.2, 0.25) is 5.91 Å². The van der Waals surface area contributed by atoms with Crippen molar-refractivity contribution < 1.29 is 14.3 Å². The monoisotopic (exact) mass is 472 g/mol. The summed E-state index contributed by atoms with van der Waals surface area (Å²) in [4.78, 5) is 31.5. The third-order valence-electron chi connectivity index (χ3n) is 5.48. The van der Waals surface area contributed by atoms with Crippen molar-refractivity contribution in [2.75, 3.05) is 18.5 Å². The maximum Gasteiger partial charge on any atom is 0.410 e. The van der Waals surface area contributed by atoms with Gasteiger partial charge in [-0.05, 0) is 54.2 Å². The molecule has 0 atom stereocenters. The molecule has 0 spiro atoms. The van der Waals surface area contributed by atoms with Crippen LogP contribution in [0.25, 0.3) is 6.08 Å². The van der Waals surface area contributed by atoms with Crippen molar-refractivity contribution in [3.8, 4) is 6.07 Å². The van der Waals surface area contributed by atoms with Crippen molar-refractivity contribution in [3.63, 3.8) is 0 Å². The van der Waals surface area contributed by atoms with E-state index >= 15 is 0 Å². The predicted molar refractivity (Wildman–Crippen MR) is 131 cm³/mol. The number of rotatable bonds is 7. The van der Waals surface area contributed by atoms with E-state index in [1.807, 2.05) is 42.5 Å². The standard InChI is InChI=1S/C26H24N4O3S/c27-17-22-21-12-15-30(26(32)33-16-4-7-20-10-13-28-14-11-20)18-23(21)34-25(22)29-24(31)9-8-19-5-2-1-3-6-19/h1-3,5-6,8-11,13-14H,4,7,12,15-16,18H2,(H,29,31)/b9-8+. The van der Waals surface area contributed by atoms with Crippen molar-refractivity contribution in [2.24, 2.45) is 0 Å². The Morgan fingerprint density at radius 3 is 2.76 bits per heavy atom. The Morgan fingerprint density at radius 1 is 1.21 bits per heavy atom. The molecule has 0 aliphatic carbocycles. The van der Waals surface area contributed by atoms with Crippen molar-refractivity contribution >= 4 is 34.4 Å². The summed E-state index contributed by atoms with van der Waals surface area (Å²) < 4.78 is 5.45. The second kappa shape index (κ2) is 11.3. The lowest BCUT2D eigenvalue weighted by Crippen LogP contribution is -2.36. The summed E-state index contributed by atoms with van der Waals surface area (Å²) in [6.45, 7) is 1.18. The van der Waals surface area contributed by atoms with Crippen molar-refractivity contribution in [1.82, 2.24) is 9.88 Å². The number of aryl methyl sites for hydroxylation is 1. The molecule has 1 aliphatic rings. The van der Waals surface area contributed by atoms with Gasteiger partial charge in [0.15, 0.2) is 0 Å². The largest absolute Gasteiger partial charge is 0.449 e. The topological polar surface area (TPSA) is 95.3 Å². The highest BCUT2D eigenvalue weighted by Crippen LogP contribution is 2.36. The van der Waals surface area contributed by atoms with Crippen LogP contribution < -0.4 is 5.32 Å². The first-order chi connectivity index (χ1) is 16.6. The summed E-state index contributed by atoms with van der Waals surface area (Å²) in [7, 11) is 0. The van der Waals surface area contributed by atoms with Gasteiger partial charge >= 0.3 is 6.09 Å². The smallest absolute Gasteiger partial charge is 0.410 e. The van der Waals surface area contributed by atoms with Crippen LogP contribution in [0.4, 0.5) is 9.80 Å². The summed E-state index contributed by atoms with van der Waals surface area (Å²) in [6.07, 6.45) is 8.42. The van der Waals surface area contributed by atoms with Crippen LogP contribution >= 0.6 is 11.3 Å². The van der Waals surface area contributed by atoms with Crippen molar-refractivity contribution in [1.29, 1.82) is 5.26 Å². The number of aromatic nitrogens is 1. The summed E-state index contributed by atoms with van der Waals surface area (Å²) >= 11 is 1.34. The molecular weight excluding hydrogens is 448 g/mol. The second-order valence-corrected chi connectivity index (χ2v) is 8.90. The lowest BCUT2D eigenvalue weighted by Gasteiger charge is -2.26. The molecule has 2 aromatic heterocycles. The number of nitrogens with one attached hydrogen (secondary N) is 1. The molecule has 8 heteroatoms. The highest BCUT2D eigenvalue weighted by atomic mass is 32.1. The van der Waals surface area contributed by atoms with Crippen molar-refractivity contribution in [3.05, 3.63) is 88.1 Å². The average molecular weight is 473 g/mol. The van der Waals surface area contributed by atoms with E-state index in [0.717, 1.165) is 34.4 Å². The van der Waals surface area contributed by atoms with Crippen LogP contribution in [0.2, 0.25) is 0 Å². The first-order valence-electron chi connectivity index (χ1n) is 11.0. The minimum atomic E-state index is -0.358. The van der Waals surface area contributed by atoms with E-state index in [-0.39, 0.29) is 12.0 Å². The number of hydrogen-bond donors (Lipinski definition) is 1. The zero-order valence-corrected chi connectivity index (χ0v) is 19.4. The van der Waals surface area contributed by atoms with Crippen LogP contribution in [0.1, 0.15) is 33.6 Å². The van der Waals surface area contributed by atoms with Crippen molar-refractivity contribution in [2.45, 2.75) is 25.8 Å². The molecule has 1 aromatic carbocycles. The summed E-state index contributed by atoms with van der Waals surface area (Å²) in [5.41, 5.74) is 3.45. The summed E-state index contributed by atoms with van der Waals surface area (Å²) in [6, 6.07) is 15.6. The van der Waals surface area contributed by atoms with Crippen LogP contribution in [0.3, 0.4) is 0 Å². The van der Waals surface area contributed by atoms with E-state index in [9.17, 15) is 14.9 Å². The van der Waals surface area contributed by atoms with E-state index < -0.39 is 0 Å². The zero-order valence-electron chi connectivity index (χ0n) is 18.6. The Balaban J connectivity index is 1.32. The number of thiophene rings is 1. The number of carbonyl (C=O) groups is 2. The molecule has 172 valence electrons. The van der Waals surface area contributed by atoms with E-state index in [2.05, 4.69) is 16.4 Å². The molecule has 34 heavy (non-hydrogen) atoms. The fourth-order valence-corrected chi connectivity index (χ4v) is 4.95. The Bertz CT molecular complexity index is 1220. The number of hydrogen-bond acceptors (Lipinski definition) is 6. The van der Waals surface area contributed by atoms with E-state index in [0.29, 0.717) is 36.7 Å². The fourth-order valence-electron chi connectivity index (χ4n) is 3.73. The Kier molecular flexibility index (Phi) is 7.68. The molecular formula is C26H24N4O3S. The van der Waals surface area contributed by atoms with Gasteiger partial charge in [-0.2, -0.15) is 5.26 Å². The zero-order chi connectivity index (χ0) is 23.8. The van der Waals surface area contributed by atoms with Gasteiger partial charge in [0.25, 0.3) is 0 Å². The molecule has 1 aliphatic heterocycles. The molecule has 0 saturated heterocycles. The number of carbonyl (C=O) groups excluding carboxylic acids is 2. The van der Waals surface area contributed by atoms with Crippen LogP contribution in [0, 0.1) is 11.3 Å². The second-order valence-electron chi connectivity index (χ2n) is 7.80. The molecule has 0 unspecified atom stereocenters. The van der Waals surface area contributed by atoms with Crippen LogP contribution in [0.5, 0.6) is 0 Å². The average Bonchev–Trinajstić information content (AvgIpc) is 3.22. The SMILES string of the molecule is N#Cc1c(NC(=O)/C=C/c2ccccc2)sc2c1CCN(C(=O)OCCCc1ccncc1)C2. The molecule has 0 bridgehead atoms. The predicted octanol–water partition coefficient (Wildman–Crippen LogP) is 4.79. The number of fused-ring (bicyclic) bond motifs is 1.